The number of rotatable bonds is 5. The zero-order valence-electron chi connectivity index (χ0n) is 13.3. The molecular weight excluding hydrogens is 278 g/mol. The van der Waals surface area contributed by atoms with Crippen LogP contribution in [0.2, 0.25) is 0 Å². The number of allylic oxidation sites excluding steroid dienone is 1. The molecule has 1 amide bonds. The maximum absolute atomic E-state index is 11.7. The molecule has 0 saturated carbocycles. The first-order valence-electron chi connectivity index (χ1n) is 7.39. The number of amides is 1. The SMILES string of the molecule is CC(C)(C)OC(=O)NCc1cccc(/C(C=N)=C/C2CN2)c1. The second kappa shape index (κ2) is 6.75. The maximum atomic E-state index is 11.7. The van der Waals surface area contributed by atoms with Crippen molar-refractivity contribution >= 4 is 17.9 Å². The van der Waals surface area contributed by atoms with Crippen LogP contribution >= 0.6 is 0 Å². The molecule has 0 bridgehead atoms. The Kier molecular flexibility index (Phi) is 4.98. The molecule has 3 N–H and O–H groups in total. The lowest BCUT2D eigenvalue weighted by atomic mass is 10.0. The van der Waals surface area contributed by atoms with Crippen molar-refractivity contribution in [1.29, 1.82) is 5.41 Å². The predicted molar refractivity (Wildman–Crippen MR) is 88.1 cm³/mol. The van der Waals surface area contributed by atoms with Crippen LogP contribution in [0.4, 0.5) is 4.79 Å². The van der Waals surface area contributed by atoms with Crippen molar-refractivity contribution in [2.45, 2.75) is 39.0 Å². The van der Waals surface area contributed by atoms with Gasteiger partial charge >= 0.3 is 6.09 Å². The van der Waals surface area contributed by atoms with Gasteiger partial charge in [0.2, 0.25) is 0 Å². The number of nitrogens with one attached hydrogen (secondary N) is 3. The lowest BCUT2D eigenvalue weighted by Crippen LogP contribution is -2.32. The van der Waals surface area contributed by atoms with Crippen LogP contribution in [-0.2, 0) is 11.3 Å². The largest absolute Gasteiger partial charge is 0.444 e. The van der Waals surface area contributed by atoms with Crippen molar-refractivity contribution in [3.8, 4) is 0 Å². The van der Waals surface area contributed by atoms with E-state index in [1.165, 1.54) is 6.21 Å². The molecule has 1 aliphatic heterocycles. The van der Waals surface area contributed by atoms with E-state index in [4.69, 9.17) is 10.1 Å². The first-order chi connectivity index (χ1) is 10.4. The molecule has 2 rings (SSSR count). The minimum atomic E-state index is -0.501. The number of ether oxygens (including phenoxy) is 1. The first-order valence-corrected chi connectivity index (χ1v) is 7.39. The molecule has 1 atom stereocenters. The van der Waals surface area contributed by atoms with Crippen molar-refractivity contribution in [3.63, 3.8) is 0 Å². The van der Waals surface area contributed by atoms with Gasteiger partial charge in [-0.05, 0) is 43.5 Å². The molecule has 118 valence electrons. The van der Waals surface area contributed by atoms with E-state index in [1.54, 1.807) is 0 Å². The van der Waals surface area contributed by atoms with Gasteiger partial charge in [0.25, 0.3) is 0 Å². The number of hydrogen-bond acceptors (Lipinski definition) is 4. The van der Waals surface area contributed by atoms with E-state index in [-0.39, 0.29) is 0 Å². The van der Waals surface area contributed by atoms with Crippen LogP contribution in [0.3, 0.4) is 0 Å². The Bertz CT molecular complexity index is 584. The topological polar surface area (TPSA) is 84.1 Å². The van der Waals surface area contributed by atoms with Crippen molar-refractivity contribution in [2.75, 3.05) is 6.54 Å². The summed E-state index contributed by atoms with van der Waals surface area (Å²) in [6.45, 7) is 6.87. The highest BCUT2D eigenvalue weighted by Crippen LogP contribution is 2.17. The minimum Gasteiger partial charge on any atom is -0.444 e. The van der Waals surface area contributed by atoms with Gasteiger partial charge in [0.05, 0.1) is 0 Å². The highest BCUT2D eigenvalue weighted by molar-refractivity contribution is 6.08. The van der Waals surface area contributed by atoms with Gasteiger partial charge in [0.15, 0.2) is 0 Å². The molecule has 1 aliphatic rings. The summed E-state index contributed by atoms with van der Waals surface area (Å²) in [5.41, 5.74) is 2.33. The Morgan fingerprint density at radius 2 is 2.23 bits per heavy atom. The summed E-state index contributed by atoms with van der Waals surface area (Å²) in [5, 5.41) is 13.5. The Morgan fingerprint density at radius 3 is 2.82 bits per heavy atom. The molecule has 1 aromatic rings. The van der Waals surface area contributed by atoms with Crippen molar-refractivity contribution in [1.82, 2.24) is 10.6 Å². The normalized spacial score (nSPS) is 17.8. The van der Waals surface area contributed by atoms with Crippen LogP contribution in [-0.4, -0.2) is 30.5 Å². The zero-order valence-corrected chi connectivity index (χ0v) is 13.3. The molecule has 1 saturated heterocycles. The fourth-order valence-electron chi connectivity index (χ4n) is 1.98. The number of carbonyl (C=O) groups excluding carboxylic acids is 1. The summed E-state index contributed by atoms with van der Waals surface area (Å²) in [5.74, 6) is 0. The lowest BCUT2D eigenvalue weighted by Gasteiger charge is -2.19. The molecule has 5 nitrogen and oxygen atoms in total. The van der Waals surface area contributed by atoms with Crippen LogP contribution in [0, 0.1) is 5.41 Å². The smallest absolute Gasteiger partial charge is 0.407 e. The third-order valence-corrected chi connectivity index (χ3v) is 3.07. The number of benzene rings is 1. The molecule has 22 heavy (non-hydrogen) atoms. The van der Waals surface area contributed by atoms with Crippen LogP contribution < -0.4 is 10.6 Å². The fourth-order valence-corrected chi connectivity index (χ4v) is 1.98. The standard InChI is InChI=1S/C17H23N3O2/c1-17(2,3)22-16(21)20-10-12-5-4-6-13(7-12)14(9-18)8-15-11-19-15/h4-9,15,18-19H,10-11H2,1-3H3,(H,20,21)/b14-8+,18-9?. The molecular formula is C17H23N3O2. The molecule has 1 aromatic carbocycles. The summed E-state index contributed by atoms with van der Waals surface area (Å²) < 4.78 is 5.21. The first kappa shape index (κ1) is 16.2. The highest BCUT2D eigenvalue weighted by atomic mass is 16.6. The van der Waals surface area contributed by atoms with Crippen LogP contribution in [0.15, 0.2) is 30.3 Å². The Hall–Kier alpha value is -2.14. The van der Waals surface area contributed by atoms with Gasteiger partial charge in [0.1, 0.15) is 5.60 Å². The van der Waals surface area contributed by atoms with E-state index in [9.17, 15) is 4.79 Å². The molecule has 0 radical (unpaired) electrons. The van der Waals surface area contributed by atoms with Crippen molar-refractivity contribution < 1.29 is 9.53 Å². The Morgan fingerprint density at radius 1 is 1.50 bits per heavy atom. The van der Waals surface area contributed by atoms with Gasteiger partial charge in [-0.2, -0.15) is 0 Å². The van der Waals surface area contributed by atoms with E-state index >= 15 is 0 Å². The van der Waals surface area contributed by atoms with Gasteiger partial charge in [-0.25, -0.2) is 4.79 Å². The van der Waals surface area contributed by atoms with Gasteiger partial charge in [-0.15, -0.1) is 0 Å². The lowest BCUT2D eigenvalue weighted by molar-refractivity contribution is 0.0523. The molecule has 5 heteroatoms. The van der Waals surface area contributed by atoms with Crippen LogP contribution in [0.1, 0.15) is 31.9 Å². The summed E-state index contributed by atoms with van der Waals surface area (Å²) in [6, 6.07) is 8.20. The molecule has 1 heterocycles. The number of hydrogen-bond donors (Lipinski definition) is 3. The second-order valence-electron chi connectivity index (χ2n) is 6.34. The Balaban J connectivity index is 1.99. The summed E-state index contributed by atoms with van der Waals surface area (Å²) >= 11 is 0. The average molecular weight is 301 g/mol. The van der Waals surface area contributed by atoms with E-state index in [1.807, 2.05) is 51.1 Å². The highest BCUT2D eigenvalue weighted by Gasteiger charge is 2.18. The van der Waals surface area contributed by atoms with E-state index in [2.05, 4.69) is 10.6 Å². The Labute approximate surface area is 131 Å². The fraction of sp³-hybridized carbons (Fsp3) is 0.412. The van der Waals surface area contributed by atoms with Crippen LogP contribution in [0.5, 0.6) is 0 Å². The third kappa shape index (κ3) is 5.33. The molecule has 0 spiro atoms. The van der Waals surface area contributed by atoms with E-state index < -0.39 is 11.7 Å². The summed E-state index contributed by atoms with van der Waals surface area (Å²) in [6.07, 6.45) is 2.98. The molecule has 0 aliphatic carbocycles. The molecule has 1 unspecified atom stereocenters. The predicted octanol–water partition coefficient (Wildman–Crippen LogP) is 2.72. The van der Waals surface area contributed by atoms with E-state index in [0.29, 0.717) is 12.6 Å². The maximum Gasteiger partial charge on any atom is 0.407 e. The van der Waals surface area contributed by atoms with Gasteiger partial charge in [0, 0.05) is 25.3 Å². The summed E-state index contributed by atoms with van der Waals surface area (Å²) in [7, 11) is 0. The van der Waals surface area contributed by atoms with E-state index in [0.717, 1.165) is 23.2 Å². The second-order valence-corrected chi connectivity index (χ2v) is 6.34. The van der Waals surface area contributed by atoms with Crippen molar-refractivity contribution in [3.05, 3.63) is 41.5 Å². The summed E-state index contributed by atoms with van der Waals surface area (Å²) in [4.78, 5) is 11.7. The monoisotopic (exact) mass is 301 g/mol. The minimum absolute atomic E-state index is 0.375. The molecule has 1 fully saturated rings. The van der Waals surface area contributed by atoms with Crippen molar-refractivity contribution in [2.24, 2.45) is 0 Å². The van der Waals surface area contributed by atoms with Gasteiger partial charge in [-0.3, -0.25) is 0 Å². The quantitative estimate of drug-likeness (QED) is 0.577. The van der Waals surface area contributed by atoms with Gasteiger partial charge in [-0.1, -0.05) is 24.3 Å². The molecule has 0 aromatic heterocycles. The van der Waals surface area contributed by atoms with Gasteiger partial charge < -0.3 is 20.8 Å². The number of carbonyl (C=O) groups is 1. The number of alkyl carbamates (subject to hydrolysis) is 1. The third-order valence-electron chi connectivity index (χ3n) is 3.07. The van der Waals surface area contributed by atoms with Crippen LogP contribution in [0.25, 0.3) is 5.57 Å². The zero-order chi connectivity index (χ0) is 16.2. The average Bonchev–Trinajstić information content (AvgIpc) is 3.25.